The predicted molar refractivity (Wildman–Crippen MR) is 107 cm³/mol. The first-order chi connectivity index (χ1) is 13.9. The van der Waals surface area contributed by atoms with E-state index in [9.17, 15) is 19.7 Å². The minimum atomic E-state index is -0.793. The van der Waals surface area contributed by atoms with Crippen molar-refractivity contribution in [1.82, 2.24) is 5.32 Å². The average molecular weight is 397 g/mol. The maximum atomic E-state index is 12.5. The minimum absolute atomic E-state index is 0.0122. The van der Waals surface area contributed by atoms with Gasteiger partial charge in [0.05, 0.1) is 10.5 Å². The number of rotatable bonds is 9. The largest absolute Gasteiger partial charge is 0.452 e. The van der Waals surface area contributed by atoms with Gasteiger partial charge in [0.25, 0.3) is 11.6 Å². The maximum absolute atomic E-state index is 12.5. The Balaban J connectivity index is 1.67. The van der Waals surface area contributed by atoms with Crippen LogP contribution in [0.3, 0.4) is 0 Å². The lowest BCUT2D eigenvalue weighted by Crippen LogP contribution is -2.37. The Morgan fingerprint density at radius 2 is 1.93 bits per heavy atom. The number of ether oxygens (including phenoxy) is 1. The van der Waals surface area contributed by atoms with Gasteiger partial charge in [-0.15, -0.1) is 0 Å². The second kappa shape index (κ2) is 9.18. The molecule has 1 saturated carbocycles. The molecule has 1 atom stereocenters. The number of carbonyl (C=O) groups is 2. The predicted octanol–water partition coefficient (Wildman–Crippen LogP) is 3.28. The van der Waals surface area contributed by atoms with Crippen LogP contribution in [0.25, 0.3) is 0 Å². The number of hydrogen-bond acceptors (Lipinski definition) is 6. The molecule has 152 valence electrons. The zero-order chi connectivity index (χ0) is 20.8. The topological polar surface area (TPSA) is 111 Å². The van der Waals surface area contributed by atoms with E-state index in [1.807, 2.05) is 37.3 Å². The van der Waals surface area contributed by atoms with Gasteiger partial charge in [-0.1, -0.05) is 30.3 Å². The fraction of sp³-hybridized carbons (Fsp3) is 0.333. The highest BCUT2D eigenvalue weighted by molar-refractivity contribution is 5.97. The molecule has 8 heteroatoms. The molecule has 0 heterocycles. The van der Waals surface area contributed by atoms with E-state index < -0.39 is 17.5 Å². The molecule has 1 aliphatic rings. The standard InChI is InChI=1S/C21H23N3O5/c1-14(16-7-8-16)23-20(25)13-29-21(26)18-11-17(24(27)28)9-10-19(18)22-12-15-5-3-2-4-6-15/h2-6,9-11,14,16,22H,7-8,12-13H2,1H3,(H,23,25)/t14-/m1/s1. The maximum Gasteiger partial charge on any atom is 0.341 e. The van der Waals surface area contributed by atoms with Crippen molar-refractivity contribution in [1.29, 1.82) is 0 Å². The summed E-state index contributed by atoms with van der Waals surface area (Å²) >= 11 is 0. The van der Waals surface area contributed by atoms with Crippen LogP contribution in [0, 0.1) is 16.0 Å². The Morgan fingerprint density at radius 3 is 2.59 bits per heavy atom. The third-order valence-electron chi connectivity index (χ3n) is 4.81. The van der Waals surface area contributed by atoms with Gasteiger partial charge in [0, 0.05) is 30.4 Å². The van der Waals surface area contributed by atoms with Gasteiger partial charge in [-0.2, -0.15) is 0 Å². The molecule has 1 amide bonds. The van der Waals surface area contributed by atoms with Crippen molar-refractivity contribution in [2.45, 2.75) is 32.4 Å². The first-order valence-electron chi connectivity index (χ1n) is 9.47. The van der Waals surface area contributed by atoms with E-state index in [0.29, 0.717) is 18.2 Å². The van der Waals surface area contributed by atoms with Gasteiger partial charge in [-0.05, 0) is 37.3 Å². The lowest BCUT2D eigenvalue weighted by Gasteiger charge is -2.14. The van der Waals surface area contributed by atoms with E-state index in [2.05, 4.69) is 10.6 Å². The van der Waals surface area contributed by atoms with E-state index in [1.165, 1.54) is 12.1 Å². The molecular formula is C21H23N3O5. The molecule has 8 nitrogen and oxygen atoms in total. The third-order valence-corrected chi connectivity index (χ3v) is 4.81. The summed E-state index contributed by atoms with van der Waals surface area (Å²) in [4.78, 5) is 35.0. The van der Waals surface area contributed by atoms with Gasteiger partial charge in [0.2, 0.25) is 0 Å². The van der Waals surface area contributed by atoms with Crippen LogP contribution in [0.5, 0.6) is 0 Å². The summed E-state index contributed by atoms with van der Waals surface area (Å²) in [7, 11) is 0. The number of amides is 1. The van der Waals surface area contributed by atoms with Crippen LogP contribution in [0.4, 0.5) is 11.4 Å². The highest BCUT2D eigenvalue weighted by Gasteiger charge is 2.29. The van der Waals surface area contributed by atoms with Crippen LogP contribution in [-0.2, 0) is 16.1 Å². The van der Waals surface area contributed by atoms with Gasteiger partial charge < -0.3 is 15.4 Å². The summed E-state index contributed by atoms with van der Waals surface area (Å²) in [5, 5.41) is 17.0. The van der Waals surface area contributed by atoms with Gasteiger partial charge >= 0.3 is 5.97 Å². The lowest BCUT2D eigenvalue weighted by molar-refractivity contribution is -0.384. The van der Waals surface area contributed by atoms with Crippen molar-refractivity contribution >= 4 is 23.3 Å². The minimum Gasteiger partial charge on any atom is -0.452 e. The third kappa shape index (κ3) is 5.78. The smallest absolute Gasteiger partial charge is 0.341 e. The molecular weight excluding hydrogens is 374 g/mol. The molecule has 1 aliphatic carbocycles. The number of nitrogens with zero attached hydrogens (tertiary/aromatic N) is 1. The Hall–Kier alpha value is -3.42. The number of benzene rings is 2. The van der Waals surface area contributed by atoms with Gasteiger partial charge in [0.15, 0.2) is 6.61 Å². The summed E-state index contributed by atoms with van der Waals surface area (Å²) in [6, 6.07) is 13.5. The Bertz CT molecular complexity index is 896. The summed E-state index contributed by atoms with van der Waals surface area (Å²) in [5.74, 6) is -0.694. The molecule has 1 fully saturated rings. The van der Waals surface area contributed by atoms with Crippen molar-refractivity contribution in [2.75, 3.05) is 11.9 Å². The van der Waals surface area contributed by atoms with Crippen LogP contribution in [-0.4, -0.2) is 29.4 Å². The van der Waals surface area contributed by atoms with Gasteiger partial charge in [-0.25, -0.2) is 4.79 Å². The van der Waals surface area contributed by atoms with Crippen LogP contribution in [0.2, 0.25) is 0 Å². The first-order valence-corrected chi connectivity index (χ1v) is 9.47. The molecule has 0 bridgehead atoms. The summed E-state index contributed by atoms with van der Waals surface area (Å²) < 4.78 is 5.10. The quantitative estimate of drug-likeness (QED) is 0.382. The molecule has 3 rings (SSSR count). The number of non-ortho nitro benzene ring substituents is 1. The number of anilines is 1. The molecule has 0 aromatic heterocycles. The SMILES string of the molecule is C[C@@H](NC(=O)COC(=O)c1cc([N+](=O)[O-])ccc1NCc1ccccc1)C1CC1. The number of nitro groups is 1. The lowest BCUT2D eigenvalue weighted by atomic mass is 10.1. The van der Waals surface area contributed by atoms with E-state index in [1.54, 1.807) is 0 Å². The second-order valence-electron chi connectivity index (χ2n) is 7.10. The summed E-state index contributed by atoms with van der Waals surface area (Å²) in [5.41, 5.74) is 1.17. The zero-order valence-electron chi connectivity index (χ0n) is 16.1. The number of nitro benzene ring substituents is 1. The zero-order valence-corrected chi connectivity index (χ0v) is 16.1. The second-order valence-corrected chi connectivity index (χ2v) is 7.10. The summed E-state index contributed by atoms with van der Waals surface area (Å²) in [6.07, 6.45) is 2.18. The van der Waals surface area contributed by atoms with Crippen molar-refractivity contribution in [2.24, 2.45) is 5.92 Å². The van der Waals surface area contributed by atoms with Crippen LogP contribution >= 0.6 is 0 Å². The number of carbonyl (C=O) groups excluding carboxylic acids is 2. The van der Waals surface area contributed by atoms with E-state index in [4.69, 9.17) is 4.74 Å². The fourth-order valence-corrected chi connectivity index (χ4v) is 2.98. The van der Waals surface area contributed by atoms with Crippen LogP contribution < -0.4 is 10.6 Å². The fourth-order valence-electron chi connectivity index (χ4n) is 2.98. The van der Waals surface area contributed by atoms with Crippen molar-refractivity contribution in [3.63, 3.8) is 0 Å². The Labute approximate surface area is 168 Å². The number of esters is 1. The highest BCUT2D eigenvalue weighted by atomic mass is 16.6. The monoisotopic (exact) mass is 397 g/mol. The van der Waals surface area contributed by atoms with Crippen molar-refractivity contribution < 1.29 is 19.2 Å². The Morgan fingerprint density at radius 1 is 1.21 bits per heavy atom. The molecule has 2 aromatic carbocycles. The van der Waals surface area contributed by atoms with Crippen LogP contribution in [0.15, 0.2) is 48.5 Å². The number of hydrogen-bond donors (Lipinski definition) is 2. The molecule has 29 heavy (non-hydrogen) atoms. The molecule has 0 radical (unpaired) electrons. The van der Waals surface area contributed by atoms with Gasteiger partial charge in [-0.3, -0.25) is 14.9 Å². The average Bonchev–Trinajstić information content (AvgIpc) is 3.56. The molecule has 0 aliphatic heterocycles. The molecule has 0 unspecified atom stereocenters. The number of nitrogens with one attached hydrogen (secondary N) is 2. The normalized spacial score (nSPS) is 14.0. The van der Waals surface area contributed by atoms with E-state index in [0.717, 1.165) is 24.5 Å². The van der Waals surface area contributed by atoms with Crippen molar-refractivity contribution in [3.05, 3.63) is 69.8 Å². The van der Waals surface area contributed by atoms with E-state index >= 15 is 0 Å². The Kier molecular flexibility index (Phi) is 6.43. The highest BCUT2D eigenvalue weighted by Crippen LogP contribution is 2.32. The molecule has 0 spiro atoms. The molecule has 0 saturated heterocycles. The van der Waals surface area contributed by atoms with Gasteiger partial charge in [0.1, 0.15) is 0 Å². The molecule has 2 aromatic rings. The first kappa shape index (κ1) is 20.3. The van der Waals surface area contributed by atoms with Crippen LogP contribution in [0.1, 0.15) is 35.7 Å². The molecule has 2 N–H and O–H groups in total. The summed E-state index contributed by atoms with van der Waals surface area (Å²) in [6.45, 7) is 1.92. The van der Waals surface area contributed by atoms with Crippen molar-refractivity contribution in [3.8, 4) is 0 Å². The van der Waals surface area contributed by atoms with E-state index in [-0.39, 0.29) is 23.2 Å².